The van der Waals surface area contributed by atoms with Crippen LogP contribution in [0, 0.1) is 0 Å². The fraction of sp³-hybridized carbons (Fsp3) is 0.111. The Balaban J connectivity index is 1.55. The van der Waals surface area contributed by atoms with Crippen molar-refractivity contribution in [3.05, 3.63) is 84.0 Å². The van der Waals surface area contributed by atoms with E-state index in [0.717, 1.165) is 11.1 Å². The van der Waals surface area contributed by atoms with Gasteiger partial charge in [-0.2, -0.15) is 0 Å². The molecule has 2 aromatic heterocycles. The third-order valence-electron chi connectivity index (χ3n) is 3.28. The molecule has 0 aliphatic heterocycles. The van der Waals surface area contributed by atoms with Crippen molar-refractivity contribution in [2.75, 3.05) is 0 Å². The van der Waals surface area contributed by atoms with Crippen LogP contribution in [-0.2, 0) is 22.7 Å². The van der Waals surface area contributed by atoms with E-state index in [4.69, 9.17) is 9.47 Å². The van der Waals surface area contributed by atoms with Crippen LogP contribution in [0.25, 0.3) is 0 Å². The van der Waals surface area contributed by atoms with Crippen molar-refractivity contribution in [2.24, 2.45) is 0 Å². The Morgan fingerprint density at radius 1 is 0.769 bits per heavy atom. The van der Waals surface area contributed by atoms with Crippen LogP contribution in [0.5, 0.6) is 0 Å². The van der Waals surface area contributed by atoms with Gasteiger partial charge in [-0.1, -0.05) is 18.2 Å². The Labute approximate surface area is 148 Å². The second-order valence-electron chi connectivity index (χ2n) is 5.15. The van der Waals surface area contributed by atoms with Gasteiger partial charge < -0.3 is 9.47 Å². The second-order valence-corrected chi connectivity index (χ2v) is 5.15. The first-order chi connectivity index (χ1) is 12.7. The van der Waals surface area contributed by atoms with Crippen LogP contribution in [0.2, 0.25) is 0 Å². The molecule has 0 saturated carbocycles. The third-order valence-corrected chi connectivity index (χ3v) is 3.28. The van der Waals surface area contributed by atoms with Crippen LogP contribution >= 0.6 is 0 Å². The summed E-state index contributed by atoms with van der Waals surface area (Å²) in [5.74, 6) is -1.12. The summed E-state index contributed by atoms with van der Waals surface area (Å²) < 4.78 is 10.4. The van der Waals surface area contributed by atoms with Gasteiger partial charge in [0.15, 0.2) is 11.4 Å². The summed E-state index contributed by atoms with van der Waals surface area (Å²) in [4.78, 5) is 39.1. The lowest BCUT2D eigenvalue weighted by atomic mass is 10.1. The average Bonchev–Trinajstić information content (AvgIpc) is 2.72. The van der Waals surface area contributed by atoms with E-state index >= 15 is 0 Å². The van der Waals surface area contributed by atoms with Gasteiger partial charge in [0.1, 0.15) is 13.2 Å². The number of hydrogen-bond acceptors (Lipinski definition) is 8. The van der Waals surface area contributed by atoms with Crippen molar-refractivity contribution in [3.8, 4) is 0 Å². The molecular weight excluding hydrogens is 336 g/mol. The highest BCUT2D eigenvalue weighted by atomic mass is 16.5. The predicted molar refractivity (Wildman–Crippen MR) is 88.7 cm³/mol. The summed E-state index contributed by atoms with van der Waals surface area (Å²) in [6.07, 6.45) is 8.46. The van der Waals surface area contributed by atoms with Gasteiger partial charge in [-0.15, -0.1) is 0 Å². The number of carbonyl (C=O) groups excluding carboxylic acids is 2. The molecule has 8 heteroatoms. The molecule has 3 aromatic rings. The van der Waals surface area contributed by atoms with E-state index in [-0.39, 0.29) is 24.6 Å². The molecule has 1 aromatic carbocycles. The van der Waals surface area contributed by atoms with Crippen LogP contribution in [0.3, 0.4) is 0 Å². The smallest absolute Gasteiger partial charge is 0.358 e. The Kier molecular flexibility index (Phi) is 5.56. The lowest BCUT2D eigenvalue weighted by molar-refractivity contribution is 0.0464. The van der Waals surface area contributed by atoms with Crippen LogP contribution in [0.1, 0.15) is 32.1 Å². The van der Waals surface area contributed by atoms with Crippen molar-refractivity contribution in [2.45, 2.75) is 13.2 Å². The topological polar surface area (TPSA) is 104 Å². The molecule has 0 fully saturated rings. The maximum Gasteiger partial charge on any atom is 0.358 e. The first-order valence-corrected chi connectivity index (χ1v) is 7.66. The number of benzene rings is 1. The maximum atomic E-state index is 11.9. The third kappa shape index (κ3) is 4.67. The van der Waals surface area contributed by atoms with Gasteiger partial charge >= 0.3 is 11.9 Å². The van der Waals surface area contributed by atoms with E-state index in [1.165, 1.54) is 37.2 Å². The normalized spacial score (nSPS) is 10.2. The summed E-state index contributed by atoms with van der Waals surface area (Å²) in [5, 5.41) is 0. The molecular formula is C18H14N4O4. The second kappa shape index (κ2) is 8.43. The maximum absolute atomic E-state index is 11.9. The summed E-state index contributed by atoms with van der Waals surface area (Å²) >= 11 is 0. The average molecular weight is 350 g/mol. The van der Waals surface area contributed by atoms with Crippen LogP contribution in [0.15, 0.2) is 61.4 Å². The highest BCUT2D eigenvalue weighted by Crippen LogP contribution is 2.10. The van der Waals surface area contributed by atoms with E-state index < -0.39 is 11.9 Å². The first-order valence-electron chi connectivity index (χ1n) is 7.66. The molecule has 3 rings (SSSR count). The molecule has 0 saturated heterocycles. The van der Waals surface area contributed by atoms with E-state index in [1.807, 2.05) is 0 Å². The number of nitrogens with zero attached hydrogens (tertiary/aromatic N) is 4. The molecule has 0 N–H and O–H groups in total. The van der Waals surface area contributed by atoms with Crippen LogP contribution in [0.4, 0.5) is 0 Å². The van der Waals surface area contributed by atoms with E-state index in [9.17, 15) is 9.59 Å². The molecule has 0 spiro atoms. The standard InChI is InChI=1S/C18H14N4O4/c23-17(15-9-19-4-6-21-15)25-11-13-2-1-3-14(8-13)12-26-18(24)16-10-20-5-7-22-16/h1-10H,11-12H2. The lowest BCUT2D eigenvalue weighted by Crippen LogP contribution is -2.09. The van der Waals surface area contributed by atoms with Gasteiger partial charge in [-0.25, -0.2) is 19.6 Å². The Morgan fingerprint density at radius 2 is 1.27 bits per heavy atom. The van der Waals surface area contributed by atoms with Crippen molar-refractivity contribution >= 4 is 11.9 Å². The summed E-state index contributed by atoms with van der Waals surface area (Å²) in [7, 11) is 0. The Bertz CT molecular complexity index is 817. The van der Waals surface area contributed by atoms with Gasteiger partial charge in [0.25, 0.3) is 0 Å². The fourth-order valence-electron chi connectivity index (χ4n) is 2.06. The molecule has 0 unspecified atom stereocenters. The number of rotatable bonds is 6. The number of carbonyl (C=O) groups is 2. The first kappa shape index (κ1) is 17.2. The van der Waals surface area contributed by atoms with Gasteiger partial charge in [0, 0.05) is 24.8 Å². The molecule has 0 amide bonds. The molecule has 0 atom stereocenters. The molecule has 0 radical (unpaired) electrons. The zero-order valence-corrected chi connectivity index (χ0v) is 13.6. The Hall–Kier alpha value is -3.68. The quantitative estimate of drug-likeness (QED) is 0.622. The van der Waals surface area contributed by atoms with E-state index in [0.29, 0.717) is 0 Å². The molecule has 0 bridgehead atoms. The van der Waals surface area contributed by atoms with Gasteiger partial charge in [-0.05, 0) is 17.2 Å². The lowest BCUT2D eigenvalue weighted by Gasteiger charge is -2.07. The van der Waals surface area contributed by atoms with E-state index in [1.54, 1.807) is 24.3 Å². The van der Waals surface area contributed by atoms with E-state index in [2.05, 4.69) is 19.9 Å². The van der Waals surface area contributed by atoms with Crippen LogP contribution in [-0.4, -0.2) is 31.9 Å². The molecule has 0 aliphatic carbocycles. The fourth-order valence-corrected chi connectivity index (χ4v) is 2.06. The highest BCUT2D eigenvalue weighted by Gasteiger charge is 2.10. The predicted octanol–water partition coefficient (Wildman–Crippen LogP) is 1.98. The summed E-state index contributed by atoms with van der Waals surface area (Å²) in [6.45, 7) is 0.142. The van der Waals surface area contributed by atoms with Gasteiger partial charge in [0.2, 0.25) is 0 Å². The minimum absolute atomic E-state index is 0.0708. The summed E-state index contributed by atoms with van der Waals surface area (Å²) in [5.41, 5.74) is 1.80. The molecule has 26 heavy (non-hydrogen) atoms. The van der Waals surface area contributed by atoms with Crippen molar-refractivity contribution in [1.82, 2.24) is 19.9 Å². The molecule has 8 nitrogen and oxygen atoms in total. The number of esters is 2. The number of aromatic nitrogens is 4. The van der Waals surface area contributed by atoms with Crippen molar-refractivity contribution in [3.63, 3.8) is 0 Å². The summed E-state index contributed by atoms with van der Waals surface area (Å²) in [6, 6.07) is 7.18. The zero-order chi connectivity index (χ0) is 18.2. The van der Waals surface area contributed by atoms with Gasteiger partial charge in [-0.3, -0.25) is 9.97 Å². The van der Waals surface area contributed by atoms with Crippen LogP contribution < -0.4 is 0 Å². The number of ether oxygens (including phenoxy) is 2. The zero-order valence-electron chi connectivity index (χ0n) is 13.6. The largest absolute Gasteiger partial charge is 0.456 e. The Morgan fingerprint density at radius 3 is 1.69 bits per heavy atom. The minimum Gasteiger partial charge on any atom is -0.456 e. The SMILES string of the molecule is O=C(OCc1cccc(COC(=O)c2cnccn2)c1)c1cnccn1. The van der Waals surface area contributed by atoms with Gasteiger partial charge in [0.05, 0.1) is 12.4 Å². The minimum atomic E-state index is -0.558. The van der Waals surface area contributed by atoms with Crippen molar-refractivity contribution in [1.29, 1.82) is 0 Å². The molecule has 130 valence electrons. The molecule has 0 aliphatic rings. The monoisotopic (exact) mass is 350 g/mol. The molecule has 2 heterocycles. The number of hydrogen-bond donors (Lipinski definition) is 0. The highest BCUT2D eigenvalue weighted by molar-refractivity contribution is 5.87. The van der Waals surface area contributed by atoms with Crippen molar-refractivity contribution < 1.29 is 19.1 Å².